The van der Waals surface area contributed by atoms with Crippen molar-refractivity contribution < 1.29 is 10.0 Å². The number of carbonyl (C=O) groups is 1. The van der Waals surface area contributed by atoms with E-state index in [1.807, 2.05) is 6.08 Å². The molecule has 1 amide bonds. The molecule has 0 aliphatic heterocycles. The van der Waals surface area contributed by atoms with Gasteiger partial charge in [0.25, 0.3) is 5.91 Å². The van der Waals surface area contributed by atoms with Gasteiger partial charge in [0.15, 0.2) is 0 Å². The maximum Gasteiger partial charge on any atom is 0.270 e. The maximum atomic E-state index is 10.9. The summed E-state index contributed by atoms with van der Waals surface area (Å²) in [4.78, 5) is 10.9. The smallest absolute Gasteiger partial charge is 0.270 e. The average molecular weight is 155 g/mol. The van der Waals surface area contributed by atoms with Crippen LogP contribution in [0.15, 0.2) is 11.6 Å². The number of allylic oxidation sites excluding steroid dienone is 1. The predicted octanol–water partition coefficient (Wildman–Crippen LogP) is 1.38. The molecular formula is C8H13NO2. The van der Waals surface area contributed by atoms with Crippen molar-refractivity contribution in [2.75, 3.05) is 0 Å². The van der Waals surface area contributed by atoms with Gasteiger partial charge in [0, 0.05) is 5.57 Å². The first-order valence-electron chi connectivity index (χ1n) is 3.98. The summed E-state index contributed by atoms with van der Waals surface area (Å²) in [7, 11) is 0. The minimum Gasteiger partial charge on any atom is -0.288 e. The zero-order valence-corrected chi connectivity index (χ0v) is 6.47. The lowest BCUT2D eigenvalue weighted by Crippen LogP contribution is -2.20. The number of amides is 1. The Morgan fingerprint density at radius 2 is 2.27 bits per heavy atom. The highest BCUT2D eigenvalue weighted by Crippen LogP contribution is 2.16. The third-order valence-corrected chi connectivity index (χ3v) is 1.93. The summed E-state index contributed by atoms with van der Waals surface area (Å²) >= 11 is 0. The van der Waals surface area contributed by atoms with Gasteiger partial charge in [-0.05, 0) is 25.7 Å². The molecule has 0 bridgehead atoms. The minimum absolute atomic E-state index is 0.341. The van der Waals surface area contributed by atoms with E-state index in [4.69, 9.17) is 5.21 Å². The lowest BCUT2D eigenvalue weighted by atomic mass is 10.1. The second-order valence-electron chi connectivity index (χ2n) is 2.77. The van der Waals surface area contributed by atoms with Crippen LogP contribution in [0.4, 0.5) is 0 Å². The Bertz CT molecular complexity index is 175. The van der Waals surface area contributed by atoms with Crippen LogP contribution >= 0.6 is 0 Å². The Morgan fingerprint density at radius 3 is 3.00 bits per heavy atom. The van der Waals surface area contributed by atoms with Gasteiger partial charge in [-0.3, -0.25) is 10.0 Å². The molecule has 0 spiro atoms. The van der Waals surface area contributed by atoms with Crippen LogP contribution in [-0.2, 0) is 4.79 Å². The van der Waals surface area contributed by atoms with E-state index in [-0.39, 0.29) is 5.91 Å². The van der Waals surface area contributed by atoms with Crippen molar-refractivity contribution >= 4 is 5.91 Å². The molecule has 0 aromatic heterocycles. The van der Waals surface area contributed by atoms with Gasteiger partial charge >= 0.3 is 0 Å². The molecule has 1 rings (SSSR count). The Labute approximate surface area is 66.1 Å². The molecule has 1 aliphatic rings. The largest absolute Gasteiger partial charge is 0.288 e. The number of hydroxylamine groups is 1. The van der Waals surface area contributed by atoms with E-state index < -0.39 is 0 Å². The zero-order valence-electron chi connectivity index (χ0n) is 6.47. The summed E-state index contributed by atoms with van der Waals surface area (Å²) in [6, 6.07) is 0. The zero-order chi connectivity index (χ0) is 8.10. The fraction of sp³-hybridized carbons (Fsp3) is 0.625. The second-order valence-corrected chi connectivity index (χ2v) is 2.77. The van der Waals surface area contributed by atoms with Crippen LogP contribution in [0.3, 0.4) is 0 Å². The van der Waals surface area contributed by atoms with Gasteiger partial charge in [0.2, 0.25) is 0 Å². The van der Waals surface area contributed by atoms with Crippen molar-refractivity contribution in [1.82, 2.24) is 5.48 Å². The van der Waals surface area contributed by atoms with E-state index in [9.17, 15) is 4.79 Å². The van der Waals surface area contributed by atoms with Crippen LogP contribution in [0, 0.1) is 0 Å². The molecule has 0 fully saturated rings. The molecule has 3 nitrogen and oxygen atoms in total. The highest BCUT2D eigenvalue weighted by molar-refractivity contribution is 5.92. The summed E-state index contributed by atoms with van der Waals surface area (Å²) in [5, 5.41) is 8.34. The number of rotatable bonds is 1. The Kier molecular flexibility index (Phi) is 3.11. The first-order chi connectivity index (χ1) is 5.34. The van der Waals surface area contributed by atoms with Crippen molar-refractivity contribution in [2.24, 2.45) is 0 Å². The van der Waals surface area contributed by atoms with Crippen molar-refractivity contribution in [3.05, 3.63) is 11.6 Å². The van der Waals surface area contributed by atoms with Crippen molar-refractivity contribution in [3.8, 4) is 0 Å². The Balaban J connectivity index is 2.53. The molecule has 0 radical (unpaired) electrons. The number of hydrogen-bond acceptors (Lipinski definition) is 2. The number of hydrogen-bond donors (Lipinski definition) is 2. The first kappa shape index (κ1) is 8.27. The molecule has 0 atom stereocenters. The molecule has 3 heteroatoms. The van der Waals surface area contributed by atoms with E-state index in [2.05, 4.69) is 0 Å². The van der Waals surface area contributed by atoms with E-state index >= 15 is 0 Å². The standard InChI is InChI=1S/C8H13NO2/c10-8(9-11)7-5-3-1-2-4-6-7/h5,11H,1-4,6H2,(H,9,10). The van der Waals surface area contributed by atoms with E-state index in [0.29, 0.717) is 0 Å². The molecule has 0 aromatic rings. The summed E-state index contributed by atoms with van der Waals surface area (Å²) in [5.41, 5.74) is 2.38. The van der Waals surface area contributed by atoms with Crippen LogP contribution < -0.4 is 5.48 Å². The summed E-state index contributed by atoms with van der Waals surface area (Å²) < 4.78 is 0. The molecule has 1 aliphatic carbocycles. The normalized spacial score (nSPS) is 18.5. The molecule has 0 unspecified atom stereocenters. The Morgan fingerprint density at radius 1 is 1.45 bits per heavy atom. The van der Waals surface area contributed by atoms with Crippen LogP contribution in [0.2, 0.25) is 0 Å². The van der Waals surface area contributed by atoms with E-state index in [1.54, 1.807) is 5.48 Å². The maximum absolute atomic E-state index is 10.9. The molecule has 0 saturated heterocycles. The lowest BCUT2D eigenvalue weighted by Gasteiger charge is -2.00. The average Bonchev–Trinajstić information content (AvgIpc) is 2.30. The predicted molar refractivity (Wildman–Crippen MR) is 41.1 cm³/mol. The van der Waals surface area contributed by atoms with Crippen LogP contribution in [0.25, 0.3) is 0 Å². The summed E-state index contributed by atoms with van der Waals surface area (Å²) in [5.74, 6) is -0.341. The van der Waals surface area contributed by atoms with Gasteiger partial charge in [-0.1, -0.05) is 12.5 Å². The van der Waals surface area contributed by atoms with E-state index in [1.165, 1.54) is 6.42 Å². The van der Waals surface area contributed by atoms with Crippen LogP contribution in [0.5, 0.6) is 0 Å². The Hall–Kier alpha value is -0.830. The van der Waals surface area contributed by atoms with Crippen molar-refractivity contribution in [2.45, 2.75) is 32.1 Å². The van der Waals surface area contributed by atoms with Crippen molar-refractivity contribution in [3.63, 3.8) is 0 Å². The molecule has 0 saturated carbocycles. The second kappa shape index (κ2) is 4.13. The van der Waals surface area contributed by atoms with Gasteiger partial charge in [-0.15, -0.1) is 0 Å². The first-order valence-corrected chi connectivity index (χ1v) is 3.98. The van der Waals surface area contributed by atoms with Gasteiger partial charge in [-0.2, -0.15) is 0 Å². The van der Waals surface area contributed by atoms with Crippen LogP contribution in [-0.4, -0.2) is 11.1 Å². The van der Waals surface area contributed by atoms with Gasteiger partial charge < -0.3 is 0 Å². The molecular weight excluding hydrogens is 142 g/mol. The topological polar surface area (TPSA) is 49.3 Å². The monoisotopic (exact) mass is 155 g/mol. The molecule has 0 aromatic carbocycles. The van der Waals surface area contributed by atoms with Crippen molar-refractivity contribution in [1.29, 1.82) is 0 Å². The van der Waals surface area contributed by atoms with Crippen LogP contribution in [0.1, 0.15) is 32.1 Å². The van der Waals surface area contributed by atoms with Gasteiger partial charge in [0.05, 0.1) is 0 Å². The molecule has 2 N–H and O–H groups in total. The summed E-state index contributed by atoms with van der Waals surface area (Å²) in [6.45, 7) is 0. The summed E-state index contributed by atoms with van der Waals surface area (Å²) in [6.07, 6.45) is 7.06. The SMILES string of the molecule is O=C(NO)C1=CCCCCC1. The fourth-order valence-corrected chi connectivity index (χ4v) is 1.29. The number of carbonyl (C=O) groups excluding carboxylic acids is 1. The highest BCUT2D eigenvalue weighted by Gasteiger charge is 2.09. The third kappa shape index (κ3) is 2.35. The molecule has 11 heavy (non-hydrogen) atoms. The quantitative estimate of drug-likeness (QED) is 0.444. The molecule has 0 heterocycles. The molecule has 62 valence electrons. The fourth-order valence-electron chi connectivity index (χ4n) is 1.29. The minimum atomic E-state index is -0.341. The third-order valence-electron chi connectivity index (χ3n) is 1.93. The van der Waals surface area contributed by atoms with E-state index in [0.717, 1.165) is 31.3 Å². The highest BCUT2D eigenvalue weighted by atomic mass is 16.5. The van der Waals surface area contributed by atoms with Gasteiger partial charge in [-0.25, -0.2) is 5.48 Å². The number of nitrogens with one attached hydrogen (secondary N) is 1. The van der Waals surface area contributed by atoms with Gasteiger partial charge in [0.1, 0.15) is 0 Å². The lowest BCUT2D eigenvalue weighted by molar-refractivity contribution is -0.125.